The van der Waals surface area contributed by atoms with Gasteiger partial charge >= 0.3 is 0 Å². The van der Waals surface area contributed by atoms with Crippen LogP contribution in [0.4, 0.5) is 23.1 Å². The van der Waals surface area contributed by atoms with Crippen LogP contribution in [-0.4, -0.2) is 23.6 Å². The van der Waals surface area contributed by atoms with Gasteiger partial charge in [-0.2, -0.15) is 4.98 Å². The van der Waals surface area contributed by atoms with Gasteiger partial charge in [0.2, 0.25) is 5.95 Å². The number of hydrogen-bond acceptors (Lipinski definition) is 4. The number of aryl methyl sites for hydroxylation is 1. The number of hydrogen-bond donors (Lipinski definition) is 0. The molecule has 0 aliphatic rings. The summed E-state index contributed by atoms with van der Waals surface area (Å²) in [6.45, 7) is 4.98. The highest BCUT2D eigenvalue weighted by Gasteiger charge is 2.14. The van der Waals surface area contributed by atoms with Crippen LogP contribution in [-0.2, 0) is 0 Å². The molecule has 0 saturated carbocycles. The molecular formula is C20H22N4. The molecule has 0 unspecified atom stereocenters. The molecule has 4 nitrogen and oxygen atoms in total. The van der Waals surface area contributed by atoms with Crippen LogP contribution in [0, 0.1) is 6.92 Å². The minimum absolute atomic E-state index is 0.700. The van der Waals surface area contributed by atoms with Crippen molar-refractivity contribution in [3.63, 3.8) is 0 Å². The van der Waals surface area contributed by atoms with E-state index in [-0.39, 0.29) is 0 Å². The predicted molar refractivity (Wildman–Crippen MR) is 100 cm³/mol. The molecule has 122 valence electrons. The number of rotatable bonds is 5. The summed E-state index contributed by atoms with van der Waals surface area (Å²) < 4.78 is 0. The van der Waals surface area contributed by atoms with Crippen molar-refractivity contribution < 1.29 is 0 Å². The second-order valence-electron chi connectivity index (χ2n) is 5.64. The summed E-state index contributed by atoms with van der Waals surface area (Å²) in [6, 6.07) is 22.5. The fraction of sp³-hybridized carbons (Fsp3) is 0.200. The third-order valence-electron chi connectivity index (χ3n) is 3.93. The van der Waals surface area contributed by atoms with Crippen molar-refractivity contribution in [1.82, 2.24) is 9.97 Å². The van der Waals surface area contributed by atoms with Crippen molar-refractivity contribution in [1.29, 1.82) is 0 Å². The SMILES string of the molecule is CCN(c1ccccc1)c1cc(C)nc(N(C)c2ccccc2)n1. The quantitative estimate of drug-likeness (QED) is 0.682. The molecule has 0 fully saturated rings. The molecule has 0 spiro atoms. The second-order valence-corrected chi connectivity index (χ2v) is 5.64. The van der Waals surface area contributed by atoms with E-state index < -0.39 is 0 Å². The highest BCUT2D eigenvalue weighted by atomic mass is 15.3. The number of nitrogens with zero attached hydrogens (tertiary/aromatic N) is 4. The lowest BCUT2D eigenvalue weighted by Crippen LogP contribution is -2.20. The van der Waals surface area contributed by atoms with Gasteiger partial charge in [-0.05, 0) is 38.1 Å². The Morgan fingerprint density at radius 1 is 0.833 bits per heavy atom. The number of anilines is 4. The van der Waals surface area contributed by atoms with Crippen molar-refractivity contribution in [2.75, 3.05) is 23.4 Å². The van der Waals surface area contributed by atoms with E-state index in [1.807, 2.05) is 61.3 Å². The van der Waals surface area contributed by atoms with Crippen LogP contribution in [0.25, 0.3) is 0 Å². The second kappa shape index (κ2) is 7.13. The Labute approximate surface area is 143 Å². The minimum atomic E-state index is 0.700. The van der Waals surface area contributed by atoms with Crippen LogP contribution >= 0.6 is 0 Å². The monoisotopic (exact) mass is 318 g/mol. The first-order valence-electron chi connectivity index (χ1n) is 8.16. The van der Waals surface area contributed by atoms with Crippen molar-refractivity contribution in [2.24, 2.45) is 0 Å². The maximum atomic E-state index is 4.80. The third-order valence-corrected chi connectivity index (χ3v) is 3.93. The fourth-order valence-electron chi connectivity index (χ4n) is 2.68. The van der Waals surface area contributed by atoms with Gasteiger partial charge in [-0.25, -0.2) is 4.98 Å². The van der Waals surface area contributed by atoms with E-state index in [0.29, 0.717) is 5.95 Å². The Balaban J connectivity index is 2.00. The van der Waals surface area contributed by atoms with E-state index >= 15 is 0 Å². The zero-order valence-corrected chi connectivity index (χ0v) is 14.3. The van der Waals surface area contributed by atoms with E-state index in [1.165, 1.54) is 0 Å². The first kappa shape index (κ1) is 16.0. The molecule has 0 N–H and O–H groups in total. The molecule has 0 amide bonds. The predicted octanol–water partition coefficient (Wildman–Crippen LogP) is 4.71. The Bertz CT molecular complexity index is 787. The summed E-state index contributed by atoms with van der Waals surface area (Å²) in [5, 5.41) is 0. The lowest BCUT2D eigenvalue weighted by Gasteiger charge is -2.24. The van der Waals surface area contributed by atoms with E-state index in [1.54, 1.807) is 0 Å². The zero-order chi connectivity index (χ0) is 16.9. The molecule has 2 aromatic carbocycles. The molecule has 0 aliphatic carbocycles. The van der Waals surface area contributed by atoms with Crippen molar-refractivity contribution in [3.05, 3.63) is 72.4 Å². The molecule has 1 aromatic heterocycles. The van der Waals surface area contributed by atoms with Crippen LogP contribution in [0.2, 0.25) is 0 Å². The third kappa shape index (κ3) is 3.38. The van der Waals surface area contributed by atoms with Gasteiger partial charge < -0.3 is 9.80 Å². The summed E-state index contributed by atoms with van der Waals surface area (Å²) in [6.07, 6.45) is 0. The molecule has 0 radical (unpaired) electrons. The van der Waals surface area contributed by atoms with Crippen LogP contribution < -0.4 is 9.80 Å². The standard InChI is InChI=1S/C20H22N4/c1-4-24(18-13-9-6-10-14-18)19-15-16(2)21-20(22-19)23(3)17-11-7-5-8-12-17/h5-15H,4H2,1-3H3. The highest BCUT2D eigenvalue weighted by molar-refractivity contribution is 5.63. The zero-order valence-electron chi connectivity index (χ0n) is 14.3. The number of aromatic nitrogens is 2. The van der Waals surface area contributed by atoms with Crippen molar-refractivity contribution in [2.45, 2.75) is 13.8 Å². The lowest BCUT2D eigenvalue weighted by atomic mass is 10.2. The maximum Gasteiger partial charge on any atom is 0.231 e. The molecule has 0 saturated heterocycles. The number of benzene rings is 2. The van der Waals surface area contributed by atoms with Crippen molar-refractivity contribution in [3.8, 4) is 0 Å². The normalized spacial score (nSPS) is 10.5. The van der Waals surface area contributed by atoms with Crippen LogP contribution in [0.1, 0.15) is 12.6 Å². The van der Waals surface area contributed by atoms with Gasteiger partial charge in [-0.1, -0.05) is 36.4 Å². The smallest absolute Gasteiger partial charge is 0.231 e. The summed E-state index contributed by atoms with van der Waals surface area (Å²) in [4.78, 5) is 13.6. The molecule has 4 heteroatoms. The first-order chi connectivity index (χ1) is 11.7. The number of para-hydroxylation sites is 2. The first-order valence-corrected chi connectivity index (χ1v) is 8.16. The lowest BCUT2D eigenvalue weighted by molar-refractivity contribution is 0.946. The molecule has 3 aromatic rings. The Morgan fingerprint density at radius 2 is 1.42 bits per heavy atom. The maximum absolute atomic E-state index is 4.80. The average Bonchev–Trinajstić information content (AvgIpc) is 2.63. The summed E-state index contributed by atoms with van der Waals surface area (Å²) in [5.74, 6) is 1.61. The molecule has 0 bridgehead atoms. The Hall–Kier alpha value is -2.88. The molecular weight excluding hydrogens is 296 g/mol. The molecule has 24 heavy (non-hydrogen) atoms. The van der Waals surface area contributed by atoms with Crippen molar-refractivity contribution >= 4 is 23.1 Å². The summed E-state index contributed by atoms with van der Waals surface area (Å²) in [7, 11) is 1.99. The highest BCUT2D eigenvalue weighted by Crippen LogP contribution is 2.27. The molecule has 1 heterocycles. The minimum Gasteiger partial charge on any atom is -0.326 e. The van der Waals surface area contributed by atoms with Gasteiger partial charge in [-0.15, -0.1) is 0 Å². The fourth-order valence-corrected chi connectivity index (χ4v) is 2.68. The van der Waals surface area contributed by atoms with Crippen LogP contribution in [0.15, 0.2) is 66.7 Å². The molecule has 0 aliphatic heterocycles. The average molecular weight is 318 g/mol. The van der Waals surface area contributed by atoms with E-state index in [4.69, 9.17) is 4.98 Å². The van der Waals surface area contributed by atoms with Crippen LogP contribution in [0.3, 0.4) is 0 Å². The Kier molecular flexibility index (Phi) is 4.75. The van der Waals surface area contributed by atoms with Crippen LogP contribution in [0.5, 0.6) is 0 Å². The summed E-state index contributed by atoms with van der Waals surface area (Å²) >= 11 is 0. The van der Waals surface area contributed by atoms with Gasteiger partial charge in [0.1, 0.15) is 5.82 Å². The Morgan fingerprint density at radius 3 is 2.00 bits per heavy atom. The van der Waals surface area contributed by atoms with Gasteiger partial charge in [0.25, 0.3) is 0 Å². The molecule has 3 rings (SSSR count). The van der Waals surface area contributed by atoms with E-state index in [2.05, 4.69) is 41.1 Å². The van der Waals surface area contributed by atoms with E-state index in [9.17, 15) is 0 Å². The largest absolute Gasteiger partial charge is 0.326 e. The summed E-state index contributed by atoms with van der Waals surface area (Å²) in [5.41, 5.74) is 3.15. The van der Waals surface area contributed by atoms with E-state index in [0.717, 1.165) is 29.4 Å². The topological polar surface area (TPSA) is 32.3 Å². The van der Waals surface area contributed by atoms with Gasteiger partial charge in [0.05, 0.1) is 0 Å². The molecule has 0 atom stereocenters. The van der Waals surface area contributed by atoms with Gasteiger partial charge in [-0.3, -0.25) is 0 Å². The van der Waals surface area contributed by atoms with Gasteiger partial charge in [0.15, 0.2) is 0 Å². The van der Waals surface area contributed by atoms with Gasteiger partial charge in [0, 0.05) is 36.7 Å².